The summed E-state index contributed by atoms with van der Waals surface area (Å²) < 4.78 is 27.3. The zero-order valence-corrected chi connectivity index (χ0v) is 13.3. The Balaban J connectivity index is 2.01. The Morgan fingerprint density at radius 2 is 2.00 bits per heavy atom. The molecule has 4 nitrogen and oxygen atoms in total. The van der Waals surface area contributed by atoms with E-state index in [-0.39, 0.29) is 6.04 Å². The van der Waals surface area contributed by atoms with Gasteiger partial charge in [0.1, 0.15) is 0 Å². The van der Waals surface area contributed by atoms with E-state index in [4.69, 9.17) is 0 Å². The molecule has 1 aromatic rings. The molecule has 5 heteroatoms. The van der Waals surface area contributed by atoms with Crippen molar-refractivity contribution in [3.63, 3.8) is 0 Å². The predicted molar refractivity (Wildman–Crippen MR) is 81.3 cm³/mol. The molecule has 112 valence electrons. The number of aryl methyl sites for hydroxylation is 2. The van der Waals surface area contributed by atoms with Gasteiger partial charge in [-0.2, -0.15) is 0 Å². The van der Waals surface area contributed by atoms with Crippen LogP contribution in [0.1, 0.15) is 37.3 Å². The first-order valence-electron chi connectivity index (χ1n) is 7.21. The molecule has 2 rings (SSSR count). The number of sulfonamides is 1. The molecular formula is C15H24N2O2S. The van der Waals surface area contributed by atoms with Crippen LogP contribution in [-0.4, -0.2) is 27.0 Å². The van der Waals surface area contributed by atoms with Crippen LogP contribution in [0.15, 0.2) is 23.1 Å². The quantitative estimate of drug-likeness (QED) is 0.894. The highest BCUT2D eigenvalue weighted by molar-refractivity contribution is 7.89. The summed E-state index contributed by atoms with van der Waals surface area (Å²) in [5, 5.41) is 3.43. The molecule has 0 aromatic heterocycles. The highest BCUT2D eigenvalue weighted by atomic mass is 32.2. The monoisotopic (exact) mass is 296 g/mol. The van der Waals surface area contributed by atoms with Gasteiger partial charge in [0.05, 0.1) is 4.90 Å². The molecule has 0 amide bonds. The van der Waals surface area contributed by atoms with Crippen molar-refractivity contribution in [2.24, 2.45) is 0 Å². The topological polar surface area (TPSA) is 58.2 Å². The molecule has 2 atom stereocenters. The molecule has 0 spiro atoms. The number of hydrogen-bond acceptors (Lipinski definition) is 3. The Labute approximate surface area is 122 Å². The standard InChI is InChI=1S/C15H24N2O2S/c1-11-7-8-15(9-12(11)2)20(18,19)16-10-14-6-4-5-13(3)17-14/h7-9,13-14,16-17H,4-6,10H2,1-3H3. The van der Waals surface area contributed by atoms with Crippen LogP contribution in [0, 0.1) is 13.8 Å². The van der Waals surface area contributed by atoms with Crippen LogP contribution in [0.25, 0.3) is 0 Å². The summed E-state index contributed by atoms with van der Waals surface area (Å²) in [5.41, 5.74) is 2.10. The van der Waals surface area contributed by atoms with Gasteiger partial charge in [0.25, 0.3) is 0 Å². The molecule has 1 heterocycles. The third-order valence-corrected chi connectivity index (χ3v) is 5.44. The molecule has 2 unspecified atom stereocenters. The molecule has 2 N–H and O–H groups in total. The summed E-state index contributed by atoms with van der Waals surface area (Å²) in [4.78, 5) is 0.351. The van der Waals surface area contributed by atoms with Gasteiger partial charge in [-0.15, -0.1) is 0 Å². The van der Waals surface area contributed by atoms with E-state index in [0.717, 1.165) is 24.0 Å². The lowest BCUT2D eigenvalue weighted by Crippen LogP contribution is -2.47. The number of piperidine rings is 1. The largest absolute Gasteiger partial charge is 0.310 e. The van der Waals surface area contributed by atoms with Crippen LogP contribution in [-0.2, 0) is 10.0 Å². The minimum absolute atomic E-state index is 0.236. The first-order chi connectivity index (χ1) is 9.38. The summed E-state index contributed by atoms with van der Waals surface area (Å²) in [6.07, 6.45) is 3.35. The third kappa shape index (κ3) is 3.81. The van der Waals surface area contributed by atoms with Gasteiger partial charge < -0.3 is 5.32 Å². The van der Waals surface area contributed by atoms with E-state index in [2.05, 4.69) is 17.0 Å². The van der Waals surface area contributed by atoms with Gasteiger partial charge in [-0.1, -0.05) is 12.5 Å². The van der Waals surface area contributed by atoms with E-state index in [1.54, 1.807) is 12.1 Å². The van der Waals surface area contributed by atoms with Crippen LogP contribution < -0.4 is 10.0 Å². The lowest BCUT2D eigenvalue weighted by molar-refractivity contribution is 0.334. The van der Waals surface area contributed by atoms with Gasteiger partial charge in [-0.25, -0.2) is 13.1 Å². The second kappa shape index (κ2) is 6.24. The lowest BCUT2D eigenvalue weighted by atomic mass is 10.00. The van der Waals surface area contributed by atoms with E-state index < -0.39 is 10.0 Å². The number of nitrogens with one attached hydrogen (secondary N) is 2. The molecule has 1 fully saturated rings. The fourth-order valence-corrected chi connectivity index (χ4v) is 3.74. The van der Waals surface area contributed by atoms with E-state index in [0.29, 0.717) is 17.5 Å². The van der Waals surface area contributed by atoms with E-state index in [9.17, 15) is 8.42 Å². The van der Waals surface area contributed by atoms with Crippen LogP contribution in [0.5, 0.6) is 0 Å². The Bertz CT molecular complexity index is 569. The molecule has 1 saturated heterocycles. The minimum Gasteiger partial charge on any atom is -0.310 e. The average molecular weight is 296 g/mol. The lowest BCUT2D eigenvalue weighted by Gasteiger charge is -2.28. The maximum atomic E-state index is 12.3. The van der Waals surface area contributed by atoms with Crippen molar-refractivity contribution in [3.05, 3.63) is 29.3 Å². The third-order valence-electron chi connectivity index (χ3n) is 4.02. The average Bonchev–Trinajstić information content (AvgIpc) is 2.40. The Hall–Kier alpha value is -0.910. The smallest absolute Gasteiger partial charge is 0.240 e. The van der Waals surface area contributed by atoms with Crippen molar-refractivity contribution in [1.82, 2.24) is 10.0 Å². The van der Waals surface area contributed by atoms with Crippen LogP contribution in [0.2, 0.25) is 0 Å². The molecule has 20 heavy (non-hydrogen) atoms. The summed E-state index contributed by atoms with van der Waals surface area (Å²) in [6, 6.07) is 5.96. The van der Waals surface area contributed by atoms with Crippen LogP contribution >= 0.6 is 0 Å². The predicted octanol–water partition coefficient (Wildman–Crippen LogP) is 2.11. The molecule has 0 bridgehead atoms. The molecule has 1 aromatic carbocycles. The molecular weight excluding hydrogens is 272 g/mol. The highest BCUT2D eigenvalue weighted by Gasteiger charge is 2.21. The molecule has 0 radical (unpaired) electrons. The Kier molecular flexibility index (Phi) is 4.83. The fraction of sp³-hybridized carbons (Fsp3) is 0.600. The number of benzene rings is 1. The van der Waals surface area contributed by atoms with Gasteiger partial charge in [-0.3, -0.25) is 0 Å². The van der Waals surface area contributed by atoms with E-state index in [1.165, 1.54) is 6.42 Å². The zero-order chi connectivity index (χ0) is 14.8. The first-order valence-corrected chi connectivity index (χ1v) is 8.70. The summed E-state index contributed by atoms with van der Waals surface area (Å²) in [6.45, 7) is 6.51. The van der Waals surface area contributed by atoms with Gasteiger partial charge >= 0.3 is 0 Å². The second-order valence-corrected chi connectivity index (χ2v) is 7.56. The van der Waals surface area contributed by atoms with E-state index >= 15 is 0 Å². The van der Waals surface area contributed by atoms with Crippen molar-refractivity contribution >= 4 is 10.0 Å². The molecule has 0 aliphatic carbocycles. The first kappa shape index (κ1) is 15.5. The fourth-order valence-electron chi connectivity index (χ4n) is 2.58. The van der Waals surface area contributed by atoms with Crippen LogP contribution in [0.4, 0.5) is 0 Å². The maximum Gasteiger partial charge on any atom is 0.240 e. The van der Waals surface area contributed by atoms with Crippen molar-refractivity contribution in [3.8, 4) is 0 Å². The van der Waals surface area contributed by atoms with Crippen molar-refractivity contribution in [2.45, 2.75) is 57.0 Å². The highest BCUT2D eigenvalue weighted by Crippen LogP contribution is 2.16. The number of rotatable bonds is 4. The van der Waals surface area contributed by atoms with Gasteiger partial charge in [-0.05, 0) is 56.9 Å². The van der Waals surface area contributed by atoms with E-state index in [1.807, 2.05) is 19.9 Å². The summed E-state index contributed by atoms with van der Waals surface area (Å²) in [5.74, 6) is 0. The van der Waals surface area contributed by atoms with Crippen LogP contribution in [0.3, 0.4) is 0 Å². The van der Waals surface area contributed by atoms with Crippen molar-refractivity contribution in [1.29, 1.82) is 0 Å². The molecule has 1 aliphatic heterocycles. The summed E-state index contributed by atoms with van der Waals surface area (Å²) >= 11 is 0. The van der Waals surface area contributed by atoms with Crippen molar-refractivity contribution in [2.75, 3.05) is 6.54 Å². The minimum atomic E-state index is -3.41. The molecule has 0 saturated carbocycles. The number of hydrogen-bond donors (Lipinski definition) is 2. The van der Waals surface area contributed by atoms with Gasteiger partial charge in [0.2, 0.25) is 10.0 Å². The van der Waals surface area contributed by atoms with Crippen molar-refractivity contribution < 1.29 is 8.42 Å². The maximum absolute atomic E-state index is 12.3. The second-order valence-electron chi connectivity index (χ2n) is 5.79. The molecule has 1 aliphatic rings. The zero-order valence-electron chi connectivity index (χ0n) is 12.4. The Morgan fingerprint density at radius 1 is 1.25 bits per heavy atom. The van der Waals surface area contributed by atoms with Gasteiger partial charge in [0.15, 0.2) is 0 Å². The summed E-state index contributed by atoms with van der Waals surface area (Å²) in [7, 11) is -3.41. The SMILES string of the molecule is Cc1ccc(S(=O)(=O)NCC2CCCC(C)N2)cc1C. The Morgan fingerprint density at radius 3 is 2.65 bits per heavy atom. The van der Waals surface area contributed by atoms with Gasteiger partial charge in [0, 0.05) is 18.6 Å². The normalized spacial score (nSPS) is 23.8.